The fourth-order valence-electron chi connectivity index (χ4n) is 4.56. The molecule has 2 aliphatic rings. The van der Waals surface area contributed by atoms with Gasteiger partial charge in [-0.05, 0) is 30.9 Å². The monoisotopic (exact) mass is 369 g/mol. The van der Waals surface area contributed by atoms with Crippen LogP contribution in [0.3, 0.4) is 0 Å². The normalized spacial score (nSPS) is 21.9. The van der Waals surface area contributed by atoms with Crippen LogP contribution < -0.4 is 5.32 Å². The van der Waals surface area contributed by atoms with Crippen molar-refractivity contribution in [2.45, 2.75) is 51.1 Å². The zero-order chi connectivity index (χ0) is 18.9. The maximum Gasteiger partial charge on any atom is 0.242 e. The molecule has 0 spiro atoms. The molecule has 1 saturated heterocycles. The molecule has 1 unspecified atom stereocenters. The Morgan fingerprint density at radius 2 is 2.07 bits per heavy atom. The first-order valence-corrected chi connectivity index (χ1v) is 9.85. The molecule has 0 radical (unpaired) electrons. The van der Waals surface area contributed by atoms with Gasteiger partial charge in [0.2, 0.25) is 11.8 Å². The highest BCUT2D eigenvalue weighted by Crippen LogP contribution is 2.37. The second-order valence-corrected chi connectivity index (χ2v) is 8.02. The van der Waals surface area contributed by atoms with E-state index < -0.39 is 6.04 Å². The van der Waals surface area contributed by atoms with Gasteiger partial charge in [0.25, 0.3) is 0 Å². The Balaban J connectivity index is 1.45. The number of hydrogen-bond acceptors (Lipinski definition) is 3. The van der Waals surface area contributed by atoms with Gasteiger partial charge in [-0.25, -0.2) is 0 Å². The summed E-state index contributed by atoms with van der Waals surface area (Å²) in [5.41, 5.74) is 1.88. The van der Waals surface area contributed by atoms with Gasteiger partial charge in [-0.2, -0.15) is 0 Å². The van der Waals surface area contributed by atoms with E-state index >= 15 is 0 Å². The van der Waals surface area contributed by atoms with Gasteiger partial charge in [-0.15, -0.1) is 0 Å². The number of aromatic nitrogens is 1. The van der Waals surface area contributed by atoms with Crippen molar-refractivity contribution < 1.29 is 14.7 Å². The van der Waals surface area contributed by atoms with Gasteiger partial charge in [0.05, 0.1) is 6.61 Å². The average molecular weight is 369 g/mol. The molecule has 1 aliphatic carbocycles. The van der Waals surface area contributed by atoms with Crippen LogP contribution in [-0.4, -0.2) is 46.0 Å². The third kappa shape index (κ3) is 3.46. The molecule has 2 amide bonds. The minimum absolute atomic E-state index is 0.0261. The van der Waals surface area contributed by atoms with Crippen LogP contribution in [0.15, 0.2) is 30.5 Å². The number of nitrogens with zero attached hydrogens (tertiary/aromatic N) is 1. The number of hydrogen-bond donors (Lipinski definition) is 3. The number of carbonyl (C=O) groups is 2. The smallest absolute Gasteiger partial charge is 0.242 e. The van der Waals surface area contributed by atoms with E-state index in [2.05, 4.69) is 10.3 Å². The molecule has 27 heavy (non-hydrogen) atoms. The maximum atomic E-state index is 12.8. The van der Waals surface area contributed by atoms with Crippen molar-refractivity contribution in [3.63, 3.8) is 0 Å². The average Bonchev–Trinajstić information content (AvgIpc) is 3.41. The number of aliphatic hydroxyl groups excluding tert-OH is 1. The minimum atomic E-state index is -0.427. The third-order valence-corrected chi connectivity index (χ3v) is 6.28. The number of aliphatic hydroxyl groups is 1. The van der Waals surface area contributed by atoms with Crippen molar-refractivity contribution in [3.8, 4) is 0 Å². The highest BCUT2D eigenvalue weighted by Gasteiger charge is 2.38. The van der Waals surface area contributed by atoms with Crippen molar-refractivity contribution in [2.24, 2.45) is 5.41 Å². The molecule has 2 fully saturated rings. The molecule has 1 aliphatic heterocycles. The number of carbonyl (C=O) groups excluding carboxylic acids is 2. The Labute approximate surface area is 158 Å². The lowest BCUT2D eigenvalue weighted by Crippen LogP contribution is -2.47. The number of rotatable bonds is 6. The van der Waals surface area contributed by atoms with Crippen LogP contribution >= 0.6 is 0 Å². The zero-order valence-corrected chi connectivity index (χ0v) is 15.5. The second kappa shape index (κ2) is 7.35. The molecular weight excluding hydrogens is 342 g/mol. The summed E-state index contributed by atoms with van der Waals surface area (Å²) in [6.07, 6.45) is 6.99. The second-order valence-electron chi connectivity index (χ2n) is 8.02. The SMILES string of the molecule is O=C(NCC1(CO)CCCC1)C1CCC(=O)N1Cc1c[nH]c2ccccc12. The zero-order valence-electron chi connectivity index (χ0n) is 15.5. The Hall–Kier alpha value is -2.34. The Morgan fingerprint density at radius 3 is 2.85 bits per heavy atom. The van der Waals surface area contributed by atoms with Gasteiger partial charge < -0.3 is 20.3 Å². The molecule has 3 N–H and O–H groups in total. The third-order valence-electron chi connectivity index (χ3n) is 6.28. The summed E-state index contributed by atoms with van der Waals surface area (Å²) >= 11 is 0. The molecule has 1 aromatic carbocycles. The largest absolute Gasteiger partial charge is 0.396 e. The van der Waals surface area contributed by atoms with E-state index in [1.54, 1.807) is 4.90 Å². The van der Waals surface area contributed by atoms with E-state index in [1.807, 2.05) is 30.5 Å². The van der Waals surface area contributed by atoms with Crippen molar-refractivity contribution in [1.82, 2.24) is 15.2 Å². The predicted molar refractivity (Wildman–Crippen MR) is 103 cm³/mol. The molecule has 1 saturated carbocycles. The van der Waals surface area contributed by atoms with Crippen molar-refractivity contribution in [3.05, 3.63) is 36.0 Å². The summed E-state index contributed by atoms with van der Waals surface area (Å²) in [7, 11) is 0. The number of aromatic amines is 1. The Bertz CT molecular complexity index is 838. The number of para-hydroxylation sites is 1. The molecule has 1 aromatic heterocycles. The first-order valence-electron chi connectivity index (χ1n) is 9.85. The Kier molecular flexibility index (Phi) is 4.91. The fourth-order valence-corrected chi connectivity index (χ4v) is 4.56. The number of nitrogens with one attached hydrogen (secondary N) is 2. The van der Waals surface area contributed by atoms with Gasteiger partial charge in [0.1, 0.15) is 6.04 Å². The van der Waals surface area contributed by atoms with Crippen LogP contribution in [0.2, 0.25) is 0 Å². The molecule has 2 aromatic rings. The summed E-state index contributed by atoms with van der Waals surface area (Å²) in [4.78, 5) is 30.2. The summed E-state index contributed by atoms with van der Waals surface area (Å²) in [6.45, 7) is 1.04. The molecular formula is C21H27N3O3. The van der Waals surface area contributed by atoms with Crippen LogP contribution in [0.25, 0.3) is 10.9 Å². The number of likely N-dealkylation sites (tertiary alicyclic amines) is 1. The molecule has 0 bridgehead atoms. The quantitative estimate of drug-likeness (QED) is 0.730. The van der Waals surface area contributed by atoms with Gasteiger partial charge in [-0.3, -0.25) is 9.59 Å². The molecule has 6 nitrogen and oxygen atoms in total. The maximum absolute atomic E-state index is 12.8. The highest BCUT2D eigenvalue weighted by molar-refractivity contribution is 5.91. The first kappa shape index (κ1) is 18.0. The summed E-state index contributed by atoms with van der Waals surface area (Å²) < 4.78 is 0. The van der Waals surface area contributed by atoms with Crippen LogP contribution in [0.5, 0.6) is 0 Å². The van der Waals surface area contributed by atoms with Crippen molar-refractivity contribution >= 4 is 22.7 Å². The molecule has 144 valence electrons. The van der Waals surface area contributed by atoms with E-state index in [4.69, 9.17) is 0 Å². The van der Waals surface area contributed by atoms with Crippen molar-refractivity contribution in [1.29, 1.82) is 0 Å². The molecule has 4 rings (SSSR count). The molecule has 2 heterocycles. The van der Waals surface area contributed by atoms with Gasteiger partial charge >= 0.3 is 0 Å². The van der Waals surface area contributed by atoms with Crippen LogP contribution in [0.4, 0.5) is 0 Å². The van der Waals surface area contributed by atoms with Crippen LogP contribution in [0.1, 0.15) is 44.1 Å². The van der Waals surface area contributed by atoms with Crippen molar-refractivity contribution in [2.75, 3.05) is 13.2 Å². The highest BCUT2D eigenvalue weighted by atomic mass is 16.3. The van der Waals surface area contributed by atoms with Gasteiger partial charge in [0, 0.05) is 42.0 Å². The molecule has 6 heteroatoms. The summed E-state index contributed by atoms with van der Waals surface area (Å²) in [5.74, 6) is -0.0708. The lowest BCUT2D eigenvalue weighted by atomic mass is 9.87. The Morgan fingerprint density at radius 1 is 1.30 bits per heavy atom. The van der Waals surface area contributed by atoms with E-state index in [9.17, 15) is 14.7 Å². The summed E-state index contributed by atoms with van der Waals surface area (Å²) in [6, 6.07) is 7.56. The van der Waals surface area contributed by atoms with E-state index in [0.717, 1.165) is 42.1 Å². The lowest BCUT2D eigenvalue weighted by Gasteiger charge is -2.29. The van der Waals surface area contributed by atoms with Gasteiger partial charge in [-0.1, -0.05) is 31.0 Å². The standard InChI is InChI=1S/C21H27N3O3/c25-14-21(9-3-4-10-21)13-23-20(27)18-7-8-19(26)24(18)12-15-11-22-17-6-2-1-5-16(15)17/h1-2,5-6,11,18,22,25H,3-4,7-10,12-14H2,(H,23,27). The predicted octanol–water partition coefficient (Wildman–Crippen LogP) is 2.33. The number of benzene rings is 1. The van der Waals surface area contributed by atoms with E-state index in [1.165, 1.54) is 0 Å². The minimum Gasteiger partial charge on any atom is -0.396 e. The summed E-state index contributed by atoms with van der Waals surface area (Å²) in [5, 5.41) is 13.9. The number of fused-ring (bicyclic) bond motifs is 1. The molecule has 1 atom stereocenters. The first-order chi connectivity index (χ1) is 13.1. The van der Waals surface area contributed by atoms with Gasteiger partial charge in [0.15, 0.2) is 0 Å². The van der Waals surface area contributed by atoms with E-state index in [-0.39, 0.29) is 23.8 Å². The van der Waals surface area contributed by atoms with Crippen LogP contribution in [-0.2, 0) is 16.1 Å². The van der Waals surface area contributed by atoms with Crippen LogP contribution in [0, 0.1) is 5.41 Å². The lowest BCUT2D eigenvalue weighted by molar-refractivity contribution is -0.136. The number of amides is 2. The number of H-pyrrole nitrogens is 1. The topological polar surface area (TPSA) is 85.4 Å². The fraction of sp³-hybridized carbons (Fsp3) is 0.524. The van der Waals surface area contributed by atoms with E-state index in [0.29, 0.717) is 25.9 Å².